The van der Waals surface area contributed by atoms with Gasteiger partial charge in [-0.25, -0.2) is 0 Å². The Kier molecular flexibility index (Phi) is 5.49. The van der Waals surface area contributed by atoms with E-state index in [1.165, 1.54) is 0 Å². The highest BCUT2D eigenvalue weighted by Crippen LogP contribution is 2.23. The second-order valence-corrected chi connectivity index (χ2v) is 8.03. The third-order valence-corrected chi connectivity index (χ3v) is 4.40. The van der Waals surface area contributed by atoms with Gasteiger partial charge in [0.05, 0.1) is 11.3 Å². The molecule has 1 saturated carbocycles. The molecule has 1 fully saturated rings. The molecule has 0 unspecified atom stereocenters. The van der Waals surface area contributed by atoms with Crippen molar-refractivity contribution in [2.45, 2.75) is 39.7 Å². The van der Waals surface area contributed by atoms with E-state index in [0.717, 1.165) is 12.8 Å². The van der Waals surface area contributed by atoms with Gasteiger partial charge in [0.15, 0.2) is 0 Å². The Balaban J connectivity index is 1.74. The molecule has 0 radical (unpaired) electrons. The van der Waals surface area contributed by atoms with E-state index in [1.807, 2.05) is 20.8 Å². The maximum absolute atomic E-state index is 12.7. The van der Waals surface area contributed by atoms with Gasteiger partial charge < -0.3 is 16.0 Å². The zero-order valence-corrected chi connectivity index (χ0v) is 16.3. The molecular weight excluding hydrogens is 354 g/mol. The minimum atomic E-state index is -0.536. The highest BCUT2D eigenvalue weighted by atomic mass is 16.2. The van der Waals surface area contributed by atoms with Crippen LogP contribution in [-0.2, 0) is 4.79 Å². The summed E-state index contributed by atoms with van der Waals surface area (Å²) in [5.74, 6) is -0.671. The first-order chi connectivity index (χ1) is 13.2. The van der Waals surface area contributed by atoms with E-state index in [-0.39, 0.29) is 23.8 Å². The van der Waals surface area contributed by atoms with Crippen LogP contribution in [0.3, 0.4) is 0 Å². The molecule has 0 saturated heterocycles. The van der Waals surface area contributed by atoms with Gasteiger partial charge in [-0.05, 0) is 43.2 Å². The molecule has 2 aromatic rings. The average molecular weight is 379 g/mol. The van der Waals surface area contributed by atoms with Gasteiger partial charge in [-0.15, -0.1) is 0 Å². The van der Waals surface area contributed by atoms with Crippen molar-refractivity contribution in [1.82, 2.24) is 5.32 Å². The molecule has 3 rings (SSSR count). The maximum Gasteiger partial charge on any atom is 0.255 e. The van der Waals surface area contributed by atoms with Crippen LogP contribution >= 0.6 is 0 Å². The van der Waals surface area contributed by atoms with Crippen LogP contribution in [0.5, 0.6) is 0 Å². The predicted octanol–water partition coefficient (Wildman–Crippen LogP) is 3.82. The summed E-state index contributed by atoms with van der Waals surface area (Å²) < 4.78 is 0. The standard InChI is InChI=1S/C22H25N3O3/c1-22(2,3)21(28)24-16-8-6-7-14(13-16)19(26)25-18-10-5-4-9-17(18)20(27)23-15-11-12-15/h4-10,13,15H,11-12H2,1-3H3,(H,23,27)(H,24,28)(H,25,26). The van der Waals surface area contributed by atoms with E-state index in [2.05, 4.69) is 16.0 Å². The summed E-state index contributed by atoms with van der Waals surface area (Å²) in [5, 5.41) is 8.55. The van der Waals surface area contributed by atoms with Crippen LogP contribution in [0.1, 0.15) is 54.3 Å². The summed E-state index contributed by atoms with van der Waals surface area (Å²) in [4.78, 5) is 37.3. The van der Waals surface area contributed by atoms with Gasteiger partial charge in [-0.3, -0.25) is 14.4 Å². The first-order valence-electron chi connectivity index (χ1n) is 9.37. The smallest absolute Gasteiger partial charge is 0.255 e. The van der Waals surface area contributed by atoms with Crippen LogP contribution < -0.4 is 16.0 Å². The normalized spacial score (nSPS) is 13.5. The van der Waals surface area contributed by atoms with Gasteiger partial charge in [0.25, 0.3) is 11.8 Å². The van der Waals surface area contributed by atoms with E-state index >= 15 is 0 Å². The number of anilines is 2. The second-order valence-electron chi connectivity index (χ2n) is 8.03. The number of benzene rings is 2. The predicted molar refractivity (Wildman–Crippen MR) is 109 cm³/mol. The number of para-hydroxylation sites is 1. The van der Waals surface area contributed by atoms with E-state index < -0.39 is 5.41 Å². The number of hydrogen-bond acceptors (Lipinski definition) is 3. The highest BCUT2D eigenvalue weighted by molar-refractivity contribution is 6.09. The van der Waals surface area contributed by atoms with Gasteiger partial charge in [0.2, 0.25) is 5.91 Å². The lowest BCUT2D eigenvalue weighted by atomic mass is 9.95. The van der Waals surface area contributed by atoms with Crippen molar-refractivity contribution in [2.24, 2.45) is 5.41 Å². The molecule has 0 aliphatic heterocycles. The van der Waals surface area contributed by atoms with Crippen LogP contribution in [0.2, 0.25) is 0 Å². The number of carbonyl (C=O) groups excluding carboxylic acids is 3. The first kappa shape index (κ1) is 19.6. The maximum atomic E-state index is 12.7. The van der Waals surface area contributed by atoms with Crippen molar-refractivity contribution in [3.05, 3.63) is 59.7 Å². The molecule has 6 heteroatoms. The van der Waals surface area contributed by atoms with Crippen molar-refractivity contribution < 1.29 is 14.4 Å². The first-order valence-corrected chi connectivity index (χ1v) is 9.37. The molecule has 1 aliphatic carbocycles. The molecule has 0 bridgehead atoms. The third kappa shape index (κ3) is 4.97. The number of nitrogens with one attached hydrogen (secondary N) is 3. The van der Waals surface area contributed by atoms with Crippen molar-refractivity contribution in [1.29, 1.82) is 0 Å². The summed E-state index contributed by atoms with van der Waals surface area (Å²) in [6, 6.07) is 13.9. The molecule has 28 heavy (non-hydrogen) atoms. The molecule has 3 N–H and O–H groups in total. The van der Waals surface area contributed by atoms with Gasteiger partial charge in [-0.1, -0.05) is 39.0 Å². The van der Waals surface area contributed by atoms with E-state index in [9.17, 15) is 14.4 Å². The van der Waals surface area contributed by atoms with Crippen molar-refractivity contribution in [2.75, 3.05) is 10.6 Å². The number of carbonyl (C=O) groups is 3. The Morgan fingerprint density at radius 3 is 2.29 bits per heavy atom. The van der Waals surface area contributed by atoms with Gasteiger partial charge >= 0.3 is 0 Å². The lowest BCUT2D eigenvalue weighted by Gasteiger charge is -2.18. The number of rotatable bonds is 5. The molecule has 0 aromatic heterocycles. The molecule has 2 aromatic carbocycles. The van der Waals surface area contributed by atoms with Crippen molar-refractivity contribution >= 4 is 29.1 Å². The lowest BCUT2D eigenvalue weighted by molar-refractivity contribution is -0.123. The molecule has 3 amide bonds. The Hall–Kier alpha value is -3.15. The minimum absolute atomic E-state index is 0.132. The second kappa shape index (κ2) is 7.84. The molecule has 0 heterocycles. The summed E-state index contributed by atoms with van der Waals surface area (Å²) in [6.45, 7) is 5.47. The van der Waals surface area contributed by atoms with Crippen LogP contribution in [0.25, 0.3) is 0 Å². The van der Waals surface area contributed by atoms with Crippen molar-refractivity contribution in [3.8, 4) is 0 Å². The summed E-state index contributed by atoms with van der Waals surface area (Å²) in [7, 11) is 0. The fourth-order valence-corrected chi connectivity index (χ4v) is 2.53. The highest BCUT2D eigenvalue weighted by Gasteiger charge is 2.25. The van der Waals surface area contributed by atoms with Crippen LogP contribution in [0, 0.1) is 5.41 Å². The van der Waals surface area contributed by atoms with Gasteiger partial charge in [0, 0.05) is 22.7 Å². The topological polar surface area (TPSA) is 87.3 Å². The Morgan fingerprint density at radius 1 is 0.893 bits per heavy atom. The average Bonchev–Trinajstić information content (AvgIpc) is 3.45. The Labute approximate surface area is 164 Å². The van der Waals surface area contributed by atoms with Crippen LogP contribution in [-0.4, -0.2) is 23.8 Å². The van der Waals surface area contributed by atoms with E-state index in [4.69, 9.17) is 0 Å². The molecule has 0 atom stereocenters. The minimum Gasteiger partial charge on any atom is -0.349 e. The van der Waals surface area contributed by atoms with Gasteiger partial charge in [-0.2, -0.15) is 0 Å². The molecule has 6 nitrogen and oxygen atoms in total. The van der Waals surface area contributed by atoms with E-state index in [0.29, 0.717) is 22.5 Å². The quantitative estimate of drug-likeness (QED) is 0.738. The third-order valence-electron chi connectivity index (χ3n) is 4.40. The molecular formula is C22H25N3O3. The fourth-order valence-electron chi connectivity index (χ4n) is 2.53. The fraction of sp³-hybridized carbons (Fsp3) is 0.318. The van der Waals surface area contributed by atoms with Gasteiger partial charge in [0.1, 0.15) is 0 Å². The Bertz CT molecular complexity index is 911. The largest absolute Gasteiger partial charge is 0.349 e. The number of amides is 3. The SMILES string of the molecule is CC(C)(C)C(=O)Nc1cccc(C(=O)Nc2ccccc2C(=O)NC2CC2)c1. The summed E-state index contributed by atoms with van der Waals surface area (Å²) in [6.07, 6.45) is 1.99. The summed E-state index contributed by atoms with van der Waals surface area (Å²) >= 11 is 0. The van der Waals surface area contributed by atoms with Crippen LogP contribution in [0.15, 0.2) is 48.5 Å². The summed E-state index contributed by atoms with van der Waals surface area (Å²) in [5.41, 5.74) is 1.29. The van der Waals surface area contributed by atoms with Crippen LogP contribution in [0.4, 0.5) is 11.4 Å². The molecule has 0 spiro atoms. The Morgan fingerprint density at radius 2 is 1.61 bits per heavy atom. The zero-order chi connectivity index (χ0) is 20.3. The van der Waals surface area contributed by atoms with Crippen molar-refractivity contribution in [3.63, 3.8) is 0 Å². The molecule has 1 aliphatic rings. The molecule has 146 valence electrons. The lowest BCUT2D eigenvalue weighted by Crippen LogP contribution is -2.28. The van der Waals surface area contributed by atoms with E-state index in [1.54, 1.807) is 48.5 Å². The zero-order valence-electron chi connectivity index (χ0n) is 16.3. The monoisotopic (exact) mass is 379 g/mol. The number of hydrogen-bond donors (Lipinski definition) is 3.